The van der Waals surface area contributed by atoms with E-state index < -0.39 is 0 Å². The van der Waals surface area contributed by atoms with Crippen LogP contribution >= 0.6 is 0 Å². The maximum atomic E-state index is 13.0. The zero-order valence-electron chi connectivity index (χ0n) is 15.1. The maximum absolute atomic E-state index is 13.0. The molecule has 3 nitrogen and oxygen atoms in total. The van der Waals surface area contributed by atoms with Crippen molar-refractivity contribution in [2.24, 2.45) is 23.7 Å². The van der Waals surface area contributed by atoms with E-state index in [1.54, 1.807) is 0 Å². The predicted octanol–water partition coefficient (Wildman–Crippen LogP) is 3.07. The van der Waals surface area contributed by atoms with Crippen LogP contribution in [0, 0.1) is 23.7 Å². The van der Waals surface area contributed by atoms with Crippen LogP contribution < -0.4 is 0 Å². The van der Waals surface area contributed by atoms with Crippen molar-refractivity contribution in [2.75, 3.05) is 26.2 Å². The number of carbonyl (C=O) groups is 1. The molecule has 0 aromatic heterocycles. The van der Waals surface area contributed by atoms with Gasteiger partial charge in [0.25, 0.3) is 0 Å². The van der Waals surface area contributed by atoms with E-state index in [1.807, 2.05) is 0 Å². The Morgan fingerprint density at radius 1 is 0.654 bits per heavy atom. The largest absolute Gasteiger partial charge is 0.299 e. The molecule has 0 amide bonds. The fraction of sp³-hybridized carbons (Fsp3) is 0.435. The number of fused-ring (bicyclic) bond motifs is 3. The summed E-state index contributed by atoms with van der Waals surface area (Å²) >= 11 is 0. The quantitative estimate of drug-likeness (QED) is 0.850. The smallest absolute Gasteiger partial charge is 0.142 e. The Bertz CT molecular complexity index is 710. The van der Waals surface area contributed by atoms with Gasteiger partial charge in [-0.3, -0.25) is 14.6 Å². The van der Waals surface area contributed by atoms with Gasteiger partial charge in [0, 0.05) is 51.1 Å². The van der Waals surface area contributed by atoms with Crippen LogP contribution in [0.4, 0.5) is 0 Å². The number of rotatable bonds is 4. The van der Waals surface area contributed by atoms with Crippen molar-refractivity contribution in [1.82, 2.24) is 9.80 Å². The maximum Gasteiger partial charge on any atom is 0.142 e. The number of hydrogen-bond donors (Lipinski definition) is 0. The number of likely N-dealkylation sites (tertiary alicyclic amines) is 2. The molecule has 2 aromatic rings. The van der Waals surface area contributed by atoms with Crippen molar-refractivity contribution in [3.8, 4) is 0 Å². The molecule has 3 heteroatoms. The molecule has 3 fully saturated rings. The molecule has 0 unspecified atom stereocenters. The van der Waals surface area contributed by atoms with Crippen LogP contribution in [0.5, 0.6) is 0 Å². The second kappa shape index (κ2) is 6.64. The highest BCUT2D eigenvalue weighted by molar-refractivity contribution is 5.87. The third-order valence-corrected chi connectivity index (χ3v) is 6.66. The number of Topliss-reactive ketones (excluding diaryl/α,β-unsaturated/α-hetero) is 1. The van der Waals surface area contributed by atoms with E-state index in [0.29, 0.717) is 17.6 Å². The van der Waals surface area contributed by atoms with Gasteiger partial charge in [-0.1, -0.05) is 60.7 Å². The minimum absolute atomic E-state index is 0.285. The average molecular weight is 346 g/mol. The van der Waals surface area contributed by atoms with Crippen molar-refractivity contribution < 1.29 is 4.79 Å². The summed E-state index contributed by atoms with van der Waals surface area (Å²) in [6.07, 6.45) is 0. The summed E-state index contributed by atoms with van der Waals surface area (Å²) in [7, 11) is 0. The summed E-state index contributed by atoms with van der Waals surface area (Å²) in [5.41, 5.74) is 2.71. The number of carbonyl (C=O) groups excluding carboxylic acids is 1. The number of ketones is 1. The standard InChI is InChI=1S/C23H26N2O/c26-23-21-15-24(11-17-7-3-1-4-8-17)13-19(21)20-14-25(16-22(20)23)12-18-9-5-2-6-10-18/h1-10,19-22H,11-16H2/t19-,20+,21-,22+. The second-order valence-corrected chi connectivity index (χ2v) is 8.30. The Morgan fingerprint density at radius 3 is 1.50 bits per heavy atom. The molecule has 0 bridgehead atoms. The van der Waals surface area contributed by atoms with E-state index in [0.717, 1.165) is 39.3 Å². The van der Waals surface area contributed by atoms with E-state index in [9.17, 15) is 4.79 Å². The molecule has 5 rings (SSSR count). The lowest BCUT2D eigenvalue weighted by Crippen LogP contribution is -2.28. The van der Waals surface area contributed by atoms with Gasteiger partial charge >= 0.3 is 0 Å². The molecule has 134 valence electrons. The molecule has 26 heavy (non-hydrogen) atoms. The van der Waals surface area contributed by atoms with Gasteiger partial charge in [-0.2, -0.15) is 0 Å². The molecule has 1 saturated carbocycles. The van der Waals surface area contributed by atoms with Crippen molar-refractivity contribution in [2.45, 2.75) is 13.1 Å². The van der Waals surface area contributed by atoms with Crippen molar-refractivity contribution in [1.29, 1.82) is 0 Å². The molecular formula is C23H26N2O. The Hall–Kier alpha value is -1.97. The van der Waals surface area contributed by atoms with Crippen LogP contribution in [-0.2, 0) is 17.9 Å². The zero-order chi connectivity index (χ0) is 17.5. The molecule has 2 aromatic carbocycles. The van der Waals surface area contributed by atoms with Gasteiger partial charge in [0.05, 0.1) is 0 Å². The summed E-state index contributed by atoms with van der Waals surface area (Å²) in [6, 6.07) is 21.3. The lowest BCUT2D eigenvalue weighted by molar-refractivity contribution is -0.124. The van der Waals surface area contributed by atoms with Crippen molar-refractivity contribution in [3.63, 3.8) is 0 Å². The first-order valence-corrected chi connectivity index (χ1v) is 9.84. The molecular weight excluding hydrogens is 320 g/mol. The number of benzene rings is 2. The summed E-state index contributed by atoms with van der Waals surface area (Å²) in [4.78, 5) is 18.0. The van der Waals surface area contributed by atoms with Crippen LogP contribution in [-0.4, -0.2) is 41.8 Å². The first-order chi connectivity index (χ1) is 12.8. The molecule has 4 atom stereocenters. The monoisotopic (exact) mass is 346 g/mol. The highest BCUT2D eigenvalue weighted by Crippen LogP contribution is 2.47. The van der Waals surface area contributed by atoms with Crippen molar-refractivity contribution >= 4 is 5.78 Å². The third kappa shape index (κ3) is 2.89. The molecule has 2 heterocycles. The zero-order valence-corrected chi connectivity index (χ0v) is 15.1. The Kier molecular flexibility index (Phi) is 4.14. The van der Waals surface area contributed by atoms with Crippen molar-refractivity contribution in [3.05, 3.63) is 71.8 Å². The van der Waals surface area contributed by atoms with Gasteiger partial charge in [0.1, 0.15) is 5.78 Å². The summed E-state index contributed by atoms with van der Waals surface area (Å²) in [5.74, 6) is 2.25. The van der Waals surface area contributed by atoms with Crippen LogP contribution in [0.1, 0.15) is 11.1 Å². The Balaban J connectivity index is 1.25. The summed E-state index contributed by atoms with van der Waals surface area (Å²) in [5, 5.41) is 0. The van der Waals surface area contributed by atoms with E-state index in [1.165, 1.54) is 11.1 Å². The number of nitrogens with zero attached hydrogens (tertiary/aromatic N) is 2. The molecule has 0 radical (unpaired) electrons. The van der Waals surface area contributed by atoms with E-state index >= 15 is 0 Å². The van der Waals surface area contributed by atoms with E-state index in [2.05, 4.69) is 70.5 Å². The Morgan fingerprint density at radius 2 is 1.08 bits per heavy atom. The predicted molar refractivity (Wildman–Crippen MR) is 102 cm³/mol. The summed E-state index contributed by atoms with van der Waals surface area (Å²) in [6.45, 7) is 6.06. The van der Waals surface area contributed by atoms with Gasteiger partial charge in [0.2, 0.25) is 0 Å². The van der Waals surface area contributed by atoms with E-state index in [-0.39, 0.29) is 11.8 Å². The molecule has 0 spiro atoms. The third-order valence-electron chi connectivity index (χ3n) is 6.66. The topological polar surface area (TPSA) is 23.6 Å². The SMILES string of the molecule is O=C1[C@H]2CN(Cc3ccccc3)C[C@H]2[C@H]2CN(Cc3ccccc3)C[C@@H]12. The van der Waals surface area contributed by atoms with Crippen LogP contribution in [0.3, 0.4) is 0 Å². The molecule has 2 aliphatic heterocycles. The first kappa shape index (κ1) is 16.2. The highest BCUT2D eigenvalue weighted by atomic mass is 16.1. The van der Waals surface area contributed by atoms with Crippen LogP contribution in [0.15, 0.2) is 60.7 Å². The Labute approximate surface area is 155 Å². The molecule has 3 aliphatic rings. The van der Waals surface area contributed by atoms with Gasteiger partial charge in [-0.25, -0.2) is 0 Å². The fourth-order valence-electron chi connectivity index (χ4n) is 5.51. The fourth-order valence-corrected chi connectivity index (χ4v) is 5.51. The van der Waals surface area contributed by atoms with E-state index in [4.69, 9.17) is 0 Å². The van der Waals surface area contributed by atoms with Gasteiger partial charge < -0.3 is 0 Å². The van der Waals surface area contributed by atoms with Gasteiger partial charge in [-0.15, -0.1) is 0 Å². The second-order valence-electron chi connectivity index (χ2n) is 8.30. The average Bonchev–Trinajstić information content (AvgIpc) is 3.32. The first-order valence-electron chi connectivity index (χ1n) is 9.84. The molecule has 2 saturated heterocycles. The summed E-state index contributed by atoms with van der Waals surface area (Å²) < 4.78 is 0. The lowest BCUT2D eigenvalue weighted by atomic mass is 9.91. The van der Waals surface area contributed by atoms with Crippen LogP contribution in [0.25, 0.3) is 0 Å². The van der Waals surface area contributed by atoms with Gasteiger partial charge in [-0.05, 0) is 23.0 Å². The molecule has 0 N–H and O–H groups in total. The normalized spacial score (nSPS) is 31.3. The molecule has 1 aliphatic carbocycles. The minimum Gasteiger partial charge on any atom is -0.299 e. The highest BCUT2D eigenvalue weighted by Gasteiger charge is 2.56. The number of hydrogen-bond acceptors (Lipinski definition) is 3. The lowest BCUT2D eigenvalue weighted by Gasteiger charge is -2.20. The minimum atomic E-state index is 0.285. The van der Waals surface area contributed by atoms with Crippen LogP contribution in [0.2, 0.25) is 0 Å². The van der Waals surface area contributed by atoms with Gasteiger partial charge in [0.15, 0.2) is 0 Å².